The molecule has 0 atom stereocenters. The molecular weight excluding hydrogens is 286 g/mol. The minimum absolute atomic E-state index is 0.0342. The van der Waals surface area contributed by atoms with Gasteiger partial charge in [-0.3, -0.25) is 4.72 Å². The van der Waals surface area contributed by atoms with E-state index in [9.17, 15) is 8.42 Å². The van der Waals surface area contributed by atoms with Crippen LogP contribution in [-0.2, 0) is 10.0 Å². The number of nitrogens with zero attached hydrogens (tertiary/aromatic N) is 2. The Kier molecular flexibility index (Phi) is 3.39. The van der Waals surface area contributed by atoms with Crippen LogP contribution in [-0.4, -0.2) is 23.6 Å². The van der Waals surface area contributed by atoms with Crippen molar-refractivity contribution in [1.29, 1.82) is 0 Å². The van der Waals surface area contributed by atoms with Gasteiger partial charge in [0.2, 0.25) is 10.0 Å². The van der Waals surface area contributed by atoms with Crippen LogP contribution in [0, 0.1) is 0 Å². The highest BCUT2D eigenvalue weighted by molar-refractivity contribution is 7.92. The van der Waals surface area contributed by atoms with E-state index in [1.165, 1.54) is 0 Å². The van der Waals surface area contributed by atoms with Crippen LogP contribution in [0.4, 0.5) is 5.69 Å². The lowest BCUT2D eigenvalue weighted by molar-refractivity contribution is 0.602. The number of imidazole rings is 1. The van der Waals surface area contributed by atoms with Crippen molar-refractivity contribution in [2.45, 2.75) is 6.92 Å². The average molecular weight is 301 g/mol. The normalized spacial score (nSPS) is 11.7. The van der Waals surface area contributed by atoms with E-state index in [1.807, 2.05) is 47.1 Å². The lowest BCUT2D eigenvalue weighted by Gasteiger charge is -2.09. The fourth-order valence-corrected chi connectivity index (χ4v) is 2.76. The first-order chi connectivity index (χ1) is 10.1. The van der Waals surface area contributed by atoms with E-state index in [4.69, 9.17) is 0 Å². The number of aromatic nitrogens is 2. The van der Waals surface area contributed by atoms with Gasteiger partial charge in [-0.2, -0.15) is 0 Å². The van der Waals surface area contributed by atoms with Crippen LogP contribution in [0.3, 0.4) is 0 Å². The Morgan fingerprint density at radius 2 is 1.90 bits per heavy atom. The zero-order chi connectivity index (χ0) is 14.9. The summed E-state index contributed by atoms with van der Waals surface area (Å²) in [6.07, 6.45) is 3.79. The molecule has 0 unspecified atom stereocenters. The van der Waals surface area contributed by atoms with Gasteiger partial charge >= 0.3 is 0 Å². The molecular formula is C15H15N3O2S. The molecule has 21 heavy (non-hydrogen) atoms. The summed E-state index contributed by atoms with van der Waals surface area (Å²) in [6.45, 7) is 1.61. The zero-order valence-electron chi connectivity index (χ0n) is 11.5. The van der Waals surface area contributed by atoms with Crippen molar-refractivity contribution in [3.05, 3.63) is 54.9 Å². The molecule has 0 spiro atoms. The Morgan fingerprint density at radius 1 is 1.14 bits per heavy atom. The van der Waals surface area contributed by atoms with Crippen molar-refractivity contribution in [2.24, 2.45) is 0 Å². The molecule has 1 N–H and O–H groups in total. The number of hydrogen-bond acceptors (Lipinski definition) is 3. The standard InChI is InChI=1S/C15H15N3O2S/c1-2-21(19,20)17-13-8-4-3-7-12(13)14-11-18-10-6-5-9-15(18)16-14/h3-11,17H,2H2,1H3. The Morgan fingerprint density at radius 3 is 2.67 bits per heavy atom. The van der Waals surface area contributed by atoms with Crippen molar-refractivity contribution < 1.29 is 8.42 Å². The number of nitrogens with one attached hydrogen (secondary N) is 1. The summed E-state index contributed by atoms with van der Waals surface area (Å²) in [5.74, 6) is 0.0342. The van der Waals surface area contributed by atoms with Gasteiger partial charge in [-0.25, -0.2) is 13.4 Å². The van der Waals surface area contributed by atoms with Crippen LogP contribution in [0.25, 0.3) is 16.9 Å². The molecule has 3 aromatic rings. The molecule has 0 saturated carbocycles. The number of pyridine rings is 1. The van der Waals surface area contributed by atoms with Gasteiger partial charge in [-0.15, -0.1) is 0 Å². The van der Waals surface area contributed by atoms with Gasteiger partial charge in [0.05, 0.1) is 17.1 Å². The van der Waals surface area contributed by atoms with E-state index < -0.39 is 10.0 Å². The van der Waals surface area contributed by atoms with Gasteiger partial charge in [0.25, 0.3) is 0 Å². The molecule has 0 saturated heterocycles. The van der Waals surface area contributed by atoms with E-state index >= 15 is 0 Å². The average Bonchev–Trinajstić information content (AvgIpc) is 2.91. The molecule has 0 bridgehead atoms. The Bertz CT molecular complexity index is 852. The number of hydrogen-bond donors (Lipinski definition) is 1. The maximum Gasteiger partial charge on any atom is 0.232 e. The van der Waals surface area contributed by atoms with Crippen LogP contribution < -0.4 is 4.72 Å². The monoisotopic (exact) mass is 301 g/mol. The Balaban J connectivity index is 2.10. The van der Waals surface area contributed by atoms with Crippen LogP contribution in [0.15, 0.2) is 54.9 Å². The van der Waals surface area contributed by atoms with Crippen LogP contribution in [0.5, 0.6) is 0 Å². The largest absolute Gasteiger partial charge is 0.306 e. The third-order valence-electron chi connectivity index (χ3n) is 3.21. The first-order valence-electron chi connectivity index (χ1n) is 6.63. The van der Waals surface area contributed by atoms with Crippen molar-refractivity contribution >= 4 is 21.4 Å². The number of benzene rings is 1. The summed E-state index contributed by atoms with van der Waals surface area (Å²) in [5.41, 5.74) is 2.86. The van der Waals surface area contributed by atoms with Crippen LogP contribution in [0.1, 0.15) is 6.92 Å². The first kappa shape index (κ1) is 13.6. The fourth-order valence-electron chi connectivity index (χ4n) is 2.10. The number of anilines is 1. The van der Waals surface area contributed by atoms with Gasteiger partial charge in [0, 0.05) is 18.0 Å². The molecule has 0 aliphatic carbocycles. The van der Waals surface area contributed by atoms with Crippen molar-refractivity contribution in [3.63, 3.8) is 0 Å². The van der Waals surface area contributed by atoms with Crippen LogP contribution in [0.2, 0.25) is 0 Å². The maximum absolute atomic E-state index is 11.8. The molecule has 5 nitrogen and oxygen atoms in total. The zero-order valence-corrected chi connectivity index (χ0v) is 12.3. The minimum atomic E-state index is -3.32. The second kappa shape index (κ2) is 5.21. The number of rotatable bonds is 4. The third-order valence-corrected chi connectivity index (χ3v) is 4.50. The molecule has 0 amide bonds. The number of fused-ring (bicyclic) bond motifs is 1. The highest BCUT2D eigenvalue weighted by Gasteiger charge is 2.13. The lowest BCUT2D eigenvalue weighted by atomic mass is 10.1. The second-order valence-corrected chi connectivity index (χ2v) is 6.65. The summed E-state index contributed by atoms with van der Waals surface area (Å²) in [5, 5.41) is 0. The van der Waals surface area contributed by atoms with E-state index in [-0.39, 0.29) is 5.75 Å². The molecule has 6 heteroatoms. The van der Waals surface area contributed by atoms with Gasteiger partial charge in [-0.1, -0.05) is 24.3 Å². The second-order valence-electron chi connectivity index (χ2n) is 4.64. The predicted octanol–water partition coefficient (Wildman–Crippen LogP) is 2.76. The molecule has 3 rings (SSSR count). The van der Waals surface area contributed by atoms with Crippen LogP contribution >= 0.6 is 0 Å². The Hall–Kier alpha value is -2.34. The summed E-state index contributed by atoms with van der Waals surface area (Å²) < 4.78 is 28.1. The highest BCUT2D eigenvalue weighted by atomic mass is 32.2. The summed E-state index contributed by atoms with van der Waals surface area (Å²) in [4.78, 5) is 4.53. The number of sulfonamides is 1. The molecule has 0 fully saturated rings. The topological polar surface area (TPSA) is 63.5 Å². The van der Waals surface area contributed by atoms with E-state index in [2.05, 4.69) is 9.71 Å². The minimum Gasteiger partial charge on any atom is -0.306 e. The van der Waals surface area contributed by atoms with Gasteiger partial charge in [-0.05, 0) is 25.1 Å². The molecule has 0 radical (unpaired) electrons. The summed E-state index contributed by atoms with van der Waals surface area (Å²) in [7, 11) is -3.32. The molecule has 0 aliphatic rings. The quantitative estimate of drug-likeness (QED) is 0.806. The molecule has 0 aliphatic heterocycles. The predicted molar refractivity (Wildman–Crippen MR) is 83.7 cm³/mol. The van der Waals surface area contributed by atoms with E-state index in [0.717, 1.165) is 16.9 Å². The molecule has 108 valence electrons. The van der Waals surface area contributed by atoms with E-state index in [1.54, 1.807) is 19.1 Å². The number of para-hydroxylation sites is 1. The van der Waals surface area contributed by atoms with Crippen molar-refractivity contribution in [2.75, 3.05) is 10.5 Å². The maximum atomic E-state index is 11.8. The summed E-state index contributed by atoms with van der Waals surface area (Å²) >= 11 is 0. The van der Waals surface area contributed by atoms with Gasteiger partial charge in [0.15, 0.2) is 0 Å². The molecule has 2 aromatic heterocycles. The van der Waals surface area contributed by atoms with Gasteiger partial charge in [0.1, 0.15) is 5.65 Å². The molecule has 2 heterocycles. The molecule has 1 aromatic carbocycles. The summed E-state index contributed by atoms with van der Waals surface area (Å²) in [6, 6.07) is 13.0. The van der Waals surface area contributed by atoms with E-state index in [0.29, 0.717) is 5.69 Å². The fraction of sp³-hybridized carbons (Fsp3) is 0.133. The SMILES string of the molecule is CCS(=O)(=O)Nc1ccccc1-c1cn2ccccc2n1. The van der Waals surface area contributed by atoms with Gasteiger partial charge < -0.3 is 4.40 Å². The first-order valence-corrected chi connectivity index (χ1v) is 8.28. The highest BCUT2D eigenvalue weighted by Crippen LogP contribution is 2.28. The lowest BCUT2D eigenvalue weighted by Crippen LogP contribution is -2.15. The Labute approximate surface area is 123 Å². The smallest absolute Gasteiger partial charge is 0.232 e. The third kappa shape index (κ3) is 2.75. The van der Waals surface area contributed by atoms with Crippen molar-refractivity contribution in [1.82, 2.24) is 9.38 Å². The van der Waals surface area contributed by atoms with Crippen molar-refractivity contribution in [3.8, 4) is 11.3 Å².